The molecular formula is C27H38O7. The molecule has 1 aromatic carbocycles. The molecule has 2 atom stereocenters. The minimum atomic E-state index is -1.26. The first-order chi connectivity index (χ1) is 15.7. The third-order valence-corrected chi connectivity index (χ3v) is 6.23. The number of rotatable bonds is 11. The predicted molar refractivity (Wildman–Crippen MR) is 132 cm³/mol. The van der Waals surface area contributed by atoms with Crippen LogP contribution in [0.5, 0.6) is 17.2 Å². The van der Waals surface area contributed by atoms with E-state index in [-0.39, 0.29) is 29.9 Å². The number of allylic oxidation sites excluding steroid dienone is 3. The number of aliphatic carboxylic acids is 1. The van der Waals surface area contributed by atoms with Crippen LogP contribution in [-0.4, -0.2) is 48.8 Å². The number of aliphatic hydroxyl groups excluding tert-OH is 1. The Morgan fingerprint density at radius 2 is 1.88 bits per heavy atom. The van der Waals surface area contributed by atoms with Gasteiger partial charge in [-0.15, -0.1) is 0 Å². The maximum atomic E-state index is 11.5. The maximum Gasteiger partial charge on any atom is 0.331 e. The Balaban J connectivity index is 1.90. The number of aryl methyl sites for hydroxylation is 1. The molecule has 0 amide bonds. The highest BCUT2D eigenvalue weighted by Gasteiger charge is 2.30. The largest absolute Gasteiger partial charge is 0.504 e. The molecule has 0 aromatic heterocycles. The van der Waals surface area contributed by atoms with Gasteiger partial charge >= 0.3 is 5.97 Å². The number of hydrogen-bond donors (Lipinski definition) is 5. The molecule has 0 saturated heterocycles. The van der Waals surface area contributed by atoms with Crippen LogP contribution < -0.4 is 4.74 Å². The summed E-state index contributed by atoms with van der Waals surface area (Å²) in [6.45, 7) is 8.81. The van der Waals surface area contributed by atoms with Crippen molar-refractivity contribution in [2.24, 2.45) is 0 Å². The van der Waals surface area contributed by atoms with Gasteiger partial charge in [0.2, 0.25) is 0 Å². The second-order valence-electron chi connectivity index (χ2n) is 9.92. The average molecular weight is 475 g/mol. The van der Waals surface area contributed by atoms with Crippen molar-refractivity contribution >= 4 is 12.0 Å². The number of phenols is 2. The smallest absolute Gasteiger partial charge is 0.331 e. The molecule has 2 rings (SSSR count). The highest BCUT2D eigenvalue weighted by Crippen LogP contribution is 2.44. The number of carboxylic acid groups (broad SMARTS) is 1. The highest BCUT2D eigenvalue weighted by atomic mass is 16.5. The van der Waals surface area contributed by atoms with E-state index in [1.807, 2.05) is 26.8 Å². The molecule has 1 aliphatic rings. The van der Waals surface area contributed by atoms with Crippen molar-refractivity contribution in [3.05, 3.63) is 46.6 Å². The second kappa shape index (κ2) is 11.1. The van der Waals surface area contributed by atoms with E-state index in [4.69, 9.17) is 4.74 Å². The van der Waals surface area contributed by atoms with Gasteiger partial charge in [0, 0.05) is 5.57 Å². The van der Waals surface area contributed by atoms with Gasteiger partial charge in [-0.25, -0.2) is 4.79 Å². The number of benzene rings is 1. The maximum absolute atomic E-state index is 11.5. The molecule has 2 unspecified atom stereocenters. The Labute approximate surface area is 201 Å². The van der Waals surface area contributed by atoms with E-state index in [1.54, 1.807) is 12.2 Å². The summed E-state index contributed by atoms with van der Waals surface area (Å²) in [6, 6.07) is 1.49. The van der Waals surface area contributed by atoms with Crippen LogP contribution in [0.1, 0.15) is 77.3 Å². The third-order valence-electron chi connectivity index (χ3n) is 6.23. The van der Waals surface area contributed by atoms with E-state index in [1.165, 1.54) is 19.9 Å². The minimum Gasteiger partial charge on any atom is -0.504 e. The lowest BCUT2D eigenvalue weighted by molar-refractivity contribution is -0.133. The van der Waals surface area contributed by atoms with E-state index >= 15 is 0 Å². The molecule has 7 nitrogen and oxygen atoms in total. The van der Waals surface area contributed by atoms with Crippen molar-refractivity contribution in [3.63, 3.8) is 0 Å². The second-order valence-corrected chi connectivity index (χ2v) is 9.92. The Morgan fingerprint density at radius 1 is 1.21 bits per heavy atom. The van der Waals surface area contributed by atoms with Gasteiger partial charge in [0.1, 0.15) is 11.4 Å². The van der Waals surface area contributed by atoms with Gasteiger partial charge in [0.25, 0.3) is 0 Å². The van der Waals surface area contributed by atoms with Crippen molar-refractivity contribution in [2.45, 2.75) is 90.4 Å². The van der Waals surface area contributed by atoms with Gasteiger partial charge in [-0.05, 0) is 96.9 Å². The number of carboxylic acids is 1. The number of phenolic OH excluding ortho intramolecular Hbond substituents is 2. The summed E-state index contributed by atoms with van der Waals surface area (Å²) in [4.78, 5) is 11.5. The van der Waals surface area contributed by atoms with Gasteiger partial charge in [0.05, 0.1) is 17.3 Å². The quantitative estimate of drug-likeness (QED) is 0.173. The molecule has 5 N–H and O–H groups in total. The Hall–Kier alpha value is -2.77. The van der Waals surface area contributed by atoms with Gasteiger partial charge < -0.3 is 30.3 Å². The van der Waals surface area contributed by atoms with Crippen LogP contribution >= 0.6 is 0 Å². The number of ether oxygens (including phenoxy) is 1. The van der Waals surface area contributed by atoms with Crippen LogP contribution in [0.3, 0.4) is 0 Å². The topological polar surface area (TPSA) is 127 Å². The van der Waals surface area contributed by atoms with Crippen LogP contribution in [0.15, 0.2) is 35.4 Å². The summed E-state index contributed by atoms with van der Waals surface area (Å²) in [5, 5.41) is 49.0. The number of fused-ring (bicyclic) bond motifs is 1. The standard InChI is InChI=1S/C27H38O7/c1-17(8-6-10-19(25(31)32)11-12-22(29)26(3,4)33)9-7-14-27(5)15-13-20-23(30)21(28)16-18(2)24(20)34-27/h9-10,13,15-16,22,28-30,33H,6-8,11-12,14H2,1-5H3,(H,31,32)/b17-9+,19-10-. The SMILES string of the molecule is C/C(=C\CCC1(C)C=Cc2c(O)c(O)cc(C)c2O1)CC/C=C(/CCC(O)C(C)(C)O)C(=O)O. The predicted octanol–water partition coefficient (Wildman–Crippen LogP) is 5.00. The molecule has 1 aliphatic heterocycles. The summed E-state index contributed by atoms with van der Waals surface area (Å²) in [5.41, 5.74) is 0.810. The lowest BCUT2D eigenvalue weighted by atomic mass is 9.93. The van der Waals surface area contributed by atoms with Crippen LogP contribution in [0.4, 0.5) is 0 Å². The molecule has 0 fully saturated rings. The fourth-order valence-corrected chi connectivity index (χ4v) is 3.87. The molecule has 0 aliphatic carbocycles. The molecule has 0 bridgehead atoms. The van der Waals surface area contributed by atoms with Crippen molar-refractivity contribution in [2.75, 3.05) is 0 Å². The number of carbonyl (C=O) groups is 1. The van der Waals surface area contributed by atoms with E-state index in [2.05, 4.69) is 6.08 Å². The lowest BCUT2D eigenvalue weighted by Crippen LogP contribution is -2.35. The summed E-state index contributed by atoms with van der Waals surface area (Å²) in [6.07, 6.45) is 9.63. The zero-order chi connectivity index (χ0) is 25.7. The number of aliphatic hydroxyl groups is 2. The van der Waals surface area contributed by atoms with E-state index in [0.717, 1.165) is 17.6 Å². The van der Waals surface area contributed by atoms with Crippen LogP contribution in [0.25, 0.3) is 6.08 Å². The fraction of sp³-hybridized carbons (Fsp3) is 0.519. The molecular weight excluding hydrogens is 436 g/mol. The van der Waals surface area contributed by atoms with Crippen LogP contribution in [0.2, 0.25) is 0 Å². The monoisotopic (exact) mass is 474 g/mol. The molecule has 0 spiro atoms. The van der Waals surface area contributed by atoms with Crippen molar-refractivity contribution < 1.29 is 35.1 Å². The third kappa shape index (κ3) is 7.37. The van der Waals surface area contributed by atoms with Crippen molar-refractivity contribution in [1.29, 1.82) is 0 Å². The molecule has 34 heavy (non-hydrogen) atoms. The van der Waals surface area contributed by atoms with Gasteiger partial charge in [-0.1, -0.05) is 17.7 Å². The molecule has 0 saturated carbocycles. The zero-order valence-electron chi connectivity index (χ0n) is 20.8. The van der Waals surface area contributed by atoms with Crippen LogP contribution in [0, 0.1) is 6.92 Å². The van der Waals surface area contributed by atoms with Gasteiger partial charge in [-0.2, -0.15) is 0 Å². The summed E-state index contributed by atoms with van der Waals surface area (Å²) in [7, 11) is 0. The zero-order valence-corrected chi connectivity index (χ0v) is 20.8. The number of hydrogen-bond acceptors (Lipinski definition) is 6. The Kier molecular flexibility index (Phi) is 8.97. The van der Waals surface area contributed by atoms with Gasteiger partial charge in [0.15, 0.2) is 11.5 Å². The van der Waals surface area contributed by atoms with E-state index in [0.29, 0.717) is 30.6 Å². The summed E-state index contributed by atoms with van der Waals surface area (Å²) in [5.74, 6) is -0.783. The fourth-order valence-electron chi connectivity index (χ4n) is 3.87. The highest BCUT2D eigenvalue weighted by molar-refractivity contribution is 5.86. The molecule has 7 heteroatoms. The summed E-state index contributed by atoms with van der Waals surface area (Å²) >= 11 is 0. The first-order valence-corrected chi connectivity index (χ1v) is 11.7. The Morgan fingerprint density at radius 3 is 2.50 bits per heavy atom. The number of aromatic hydroxyl groups is 2. The molecule has 188 valence electrons. The van der Waals surface area contributed by atoms with Crippen LogP contribution in [-0.2, 0) is 4.79 Å². The lowest BCUT2D eigenvalue weighted by Gasteiger charge is -2.32. The average Bonchev–Trinajstić information content (AvgIpc) is 2.73. The first kappa shape index (κ1) is 27.5. The molecule has 1 aromatic rings. The van der Waals surface area contributed by atoms with Crippen molar-refractivity contribution in [1.82, 2.24) is 0 Å². The first-order valence-electron chi connectivity index (χ1n) is 11.7. The normalized spacial score (nSPS) is 19.5. The molecule has 0 radical (unpaired) electrons. The van der Waals surface area contributed by atoms with Crippen molar-refractivity contribution in [3.8, 4) is 17.2 Å². The Bertz CT molecular complexity index is 982. The van der Waals surface area contributed by atoms with Gasteiger partial charge in [-0.3, -0.25) is 0 Å². The van der Waals surface area contributed by atoms with E-state index < -0.39 is 23.3 Å². The van der Waals surface area contributed by atoms with E-state index in [9.17, 15) is 30.3 Å². The molecule has 1 heterocycles. The minimum absolute atomic E-state index is 0.166. The summed E-state index contributed by atoms with van der Waals surface area (Å²) < 4.78 is 6.18.